The number of aliphatic hydroxyl groups excluding tert-OH is 1. The number of ether oxygens (including phenoxy) is 2. The first-order valence-electron chi connectivity index (χ1n) is 13.1. The molecule has 0 aromatic heterocycles. The van der Waals surface area contributed by atoms with E-state index in [1.165, 1.54) is 4.90 Å². The van der Waals surface area contributed by atoms with Crippen LogP contribution in [0.3, 0.4) is 0 Å². The molecule has 0 saturated carbocycles. The van der Waals surface area contributed by atoms with E-state index >= 15 is 0 Å². The van der Waals surface area contributed by atoms with Crippen molar-refractivity contribution in [3.05, 3.63) is 61.2 Å². The number of likely N-dealkylation sites (tertiary alicyclic amines) is 1. The fourth-order valence-corrected chi connectivity index (χ4v) is 6.32. The van der Waals surface area contributed by atoms with Crippen molar-refractivity contribution in [3.8, 4) is 0 Å². The van der Waals surface area contributed by atoms with Gasteiger partial charge < -0.3 is 24.4 Å². The number of nitrogens with zero attached hydrogens (tertiary/aromatic N) is 2. The minimum atomic E-state index is -1.14. The van der Waals surface area contributed by atoms with E-state index in [1.54, 1.807) is 17.1 Å². The molecule has 37 heavy (non-hydrogen) atoms. The number of carbonyl (C=O) groups excluding carboxylic acids is 3. The van der Waals surface area contributed by atoms with E-state index in [0.717, 1.165) is 5.56 Å². The molecule has 2 bridgehead atoms. The van der Waals surface area contributed by atoms with Crippen LogP contribution in [0.5, 0.6) is 0 Å². The Morgan fingerprint density at radius 3 is 2.62 bits per heavy atom. The van der Waals surface area contributed by atoms with Crippen LogP contribution in [0.4, 0.5) is 0 Å². The molecule has 1 N–H and O–H groups in total. The van der Waals surface area contributed by atoms with Crippen LogP contribution in [-0.2, 0) is 30.4 Å². The maximum atomic E-state index is 14.3. The molecular formula is C29H38N2O6. The van der Waals surface area contributed by atoms with E-state index in [-0.39, 0.29) is 37.5 Å². The molecular weight excluding hydrogens is 472 g/mol. The van der Waals surface area contributed by atoms with Gasteiger partial charge in [-0.15, -0.1) is 13.2 Å². The van der Waals surface area contributed by atoms with E-state index in [2.05, 4.69) is 13.2 Å². The van der Waals surface area contributed by atoms with E-state index in [4.69, 9.17) is 9.47 Å². The molecule has 2 amide bonds. The Bertz CT molecular complexity index is 1030. The lowest BCUT2D eigenvalue weighted by atomic mass is 9.70. The van der Waals surface area contributed by atoms with Crippen LogP contribution >= 0.6 is 0 Å². The third-order valence-corrected chi connectivity index (χ3v) is 8.00. The molecule has 3 saturated heterocycles. The number of hydrogen-bond donors (Lipinski definition) is 1. The number of esters is 1. The monoisotopic (exact) mass is 510 g/mol. The van der Waals surface area contributed by atoms with Crippen molar-refractivity contribution in [1.29, 1.82) is 0 Å². The van der Waals surface area contributed by atoms with Crippen LogP contribution in [0.25, 0.3) is 0 Å². The maximum Gasteiger partial charge on any atom is 0.312 e. The maximum absolute atomic E-state index is 14.3. The van der Waals surface area contributed by atoms with Gasteiger partial charge in [-0.05, 0) is 30.7 Å². The molecule has 6 atom stereocenters. The molecule has 200 valence electrons. The molecule has 1 aromatic carbocycles. The Balaban J connectivity index is 1.73. The van der Waals surface area contributed by atoms with Crippen molar-refractivity contribution in [2.75, 3.05) is 19.8 Å². The van der Waals surface area contributed by atoms with E-state index in [1.807, 2.05) is 44.2 Å². The Kier molecular flexibility index (Phi) is 8.19. The van der Waals surface area contributed by atoms with Gasteiger partial charge >= 0.3 is 5.97 Å². The summed E-state index contributed by atoms with van der Waals surface area (Å²) in [4.78, 5) is 44.8. The fraction of sp³-hybridized carbons (Fsp3) is 0.552. The highest BCUT2D eigenvalue weighted by Crippen LogP contribution is 2.59. The standard InChI is InChI=1S/C29H38N2O6/c1-5-7-16-36-28(35)23-22-13-14-29(37-22)24(23)26(33)31(21(18-32)19(3)4)25(29)27(34)30(15-6-2)17-20-11-9-8-10-12-20/h5-6,8-12,19,21-25,32H,1-2,7,13-18H2,3-4H3/t21-,22-,23+,24-,25?,29?/m0/s1. The summed E-state index contributed by atoms with van der Waals surface area (Å²) < 4.78 is 12.0. The summed E-state index contributed by atoms with van der Waals surface area (Å²) >= 11 is 0. The molecule has 0 aliphatic carbocycles. The zero-order chi connectivity index (χ0) is 26.7. The van der Waals surface area contributed by atoms with E-state index in [9.17, 15) is 19.5 Å². The van der Waals surface area contributed by atoms with Crippen molar-refractivity contribution in [3.63, 3.8) is 0 Å². The van der Waals surface area contributed by atoms with Crippen molar-refractivity contribution >= 4 is 17.8 Å². The zero-order valence-corrected chi connectivity index (χ0v) is 21.8. The topological polar surface area (TPSA) is 96.4 Å². The van der Waals surface area contributed by atoms with Crippen LogP contribution in [0.2, 0.25) is 0 Å². The van der Waals surface area contributed by atoms with Crippen molar-refractivity contribution in [2.45, 2.75) is 63.4 Å². The van der Waals surface area contributed by atoms with Gasteiger partial charge in [-0.25, -0.2) is 0 Å². The van der Waals surface area contributed by atoms with E-state index in [0.29, 0.717) is 25.8 Å². The molecule has 8 nitrogen and oxygen atoms in total. The summed E-state index contributed by atoms with van der Waals surface area (Å²) in [5.41, 5.74) is -0.190. The summed E-state index contributed by atoms with van der Waals surface area (Å²) in [6.07, 6.45) is 4.41. The minimum absolute atomic E-state index is 0.114. The number of hydrogen-bond acceptors (Lipinski definition) is 6. The third-order valence-electron chi connectivity index (χ3n) is 8.00. The largest absolute Gasteiger partial charge is 0.465 e. The van der Waals surface area contributed by atoms with Gasteiger partial charge in [0.2, 0.25) is 11.8 Å². The van der Waals surface area contributed by atoms with Gasteiger partial charge in [-0.1, -0.05) is 56.3 Å². The zero-order valence-electron chi connectivity index (χ0n) is 21.8. The lowest BCUT2D eigenvalue weighted by Gasteiger charge is -2.40. The molecule has 3 heterocycles. The minimum Gasteiger partial charge on any atom is -0.465 e. The van der Waals surface area contributed by atoms with Crippen LogP contribution in [-0.4, -0.2) is 76.2 Å². The van der Waals surface area contributed by atoms with Gasteiger partial charge in [-0.2, -0.15) is 0 Å². The summed E-state index contributed by atoms with van der Waals surface area (Å²) in [6.45, 7) is 11.8. The number of carbonyl (C=O) groups is 3. The molecule has 3 fully saturated rings. The predicted octanol–water partition coefficient (Wildman–Crippen LogP) is 2.71. The average molecular weight is 511 g/mol. The Hall–Kier alpha value is -2.97. The van der Waals surface area contributed by atoms with Crippen molar-refractivity contribution < 1.29 is 29.0 Å². The van der Waals surface area contributed by atoms with Gasteiger partial charge in [0.15, 0.2) is 0 Å². The quantitative estimate of drug-likeness (QED) is 0.264. The molecule has 4 rings (SSSR count). The average Bonchev–Trinajstić information content (AvgIpc) is 3.52. The summed E-state index contributed by atoms with van der Waals surface area (Å²) in [5, 5.41) is 10.3. The first-order valence-corrected chi connectivity index (χ1v) is 13.1. The second-order valence-electron chi connectivity index (χ2n) is 10.5. The first kappa shape index (κ1) is 27.1. The smallest absolute Gasteiger partial charge is 0.312 e. The third kappa shape index (κ3) is 4.73. The molecule has 3 aliphatic rings. The normalized spacial score (nSPS) is 28.8. The Morgan fingerprint density at radius 2 is 2.00 bits per heavy atom. The highest BCUT2D eigenvalue weighted by Gasteiger charge is 2.75. The number of aliphatic hydroxyl groups is 1. The van der Waals surface area contributed by atoms with Crippen LogP contribution in [0.1, 0.15) is 38.7 Å². The van der Waals surface area contributed by atoms with Gasteiger partial charge in [0, 0.05) is 13.1 Å². The number of fused-ring (bicyclic) bond motifs is 1. The summed E-state index contributed by atoms with van der Waals surface area (Å²) in [5.74, 6) is -2.78. The van der Waals surface area contributed by atoms with Crippen molar-refractivity contribution in [2.24, 2.45) is 17.8 Å². The molecule has 3 aliphatic heterocycles. The number of rotatable bonds is 12. The summed E-state index contributed by atoms with van der Waals surface area (Å²) in [6, 6.07) is 8.08. The molecule has 2 unspecified atom stereocenters. The second kappa shape index (κ2) is 11.2. The van der Waals surface area contributed by atoms with Gasteiger partial charge in [0.1, 0.15) is 11.6 Å². The number of benzene rings is 1. The SMILES string of the molecule is C=CCCOC(=O)[C@@H]1[C@@H]2CCC3(O2)C(C(=O)N(CC=C)Cc2ccccc2)N([C@@H](CO)C(C)C)C(=O)[C@H]13. The highest BCUT2D eigenvalue weighted by atomic mass is 16.6. The van der Waals surface area contributed by atoms with Crippen LogP contribution in [0, 0.1) is 17.8 Å². The molecule has 0 radical (unpaired) electrons. The van der Waals surface area contributed by atoms with Crippen molar-refractivity contribution in [1.82, 2.24) is 9.80 Å². The second-order valence-corrected chi connectivity index (χ2v) is 10.5. The predicted molar refractivity (Wildman–Crippen MR) is 138 cm³/mol. The van der Waals surface area contributed by atoms with Crippen LogP contribution in [0.15, 0.2) is 55.6 Å². The number of amides is 2. The first-order chi connectivity index (χ1) is 17.8. The lowest BCUT2D eigenvalue weighted by molar-refractivity contribution is -0.157. The lowest BCUT2D eigenvalue weighted by Crippen LogP contribution is -2.59. The summed E-state index contributed by atoms with van der Waals surface area (Å²) in [7, 11) is 0. The van der Waals surface area contributed by atoms with Gasteiger partial charge in [-0.3, -0.25) is 14.4 Å². The van der Waals surface area contributed by atoms with E-state index < -0.39 is 41.6 Å². The molecule has 8 heteroatoms. The Labute approximate surface area is 218 Å². The van der Waals surface area contributed by atoms with Gasteiger partial charge in [0.05, 0.1) is 37.2 Å². The van der Waals surface area contributed by atoms with Crippen LogP contribution < -0.4 is 0 Å². The molecule has 1 spiro atoms. The highest BCUT2D eigenvalue weighted by molar-refractivity contribution is 5.98. The van der Waals surface area contributed by atoms with Gasteiger partial charge in [0.25, 0.3) is 0 Å². The fourth-order valence-electron chi connectivity index (χ4n) is 6.32. The molecule has 1 aromatic rings. The Morgan fingerprint density at radius 1 is 1.27 bits per heavy atom.